The van der Waals surface area contributed by atoms with E-state index in [2.05, 4.69) is 76.3 Å². The highest BCUT2D eigenvalue weighted by atomic mass is 28.2. The second kappa shape index (κ2) is 6.46. The summed E-state index contributed by atoms with van der Waals surface area (Å²) < 4.78 is 0. The van der Waals surface area contributed by atoms with Crippen LogP contribution in [0.15, 0.2) is 36.4 Å². The van der Waals surface area contributed by atoms with E-state index >= 15 is 0 Å². The molecule has 0 N–H and O–H groups in total. The molecule has 0 saturated carbocycles. The number of rotatable bonds is 4. The summed E-state index contributed by atoms with van der Waals surface area (Å²) in [7, 11) is -0.0730. The fraction of sp³-hybridized carbons (Fsp3) is 0.333. The third kappa shape index (κ3) is 3.06. The Hall–Kier alpha value is -1.86. The number of benzene rings is 2. The number of allylic oxidation sites excluding steroid dienone is 2. The van der Waals surface area contributed by atoms with Crippen molar-refractivity contribution >= 4 is 21.7 Å². The molecule has 1 heteroatoms. The Morgan fingerprint density at radius 1 is 0.640 bits per heavy atom. The maximum Gasteiger partial charge on any atom is 0.0218 e. The fourth-order valence-electron chi connectivity index (χ4n) is 4.36. The Morgan fingerprint density at radius 3 is 1.48 bits per heavy atom. The number of fused-ring (bicyclic) bond motifs is 2. The molecule has 4 rings (SSSR count). The molecule has 2 aliphatic carbocycles. The summed E-state index contributed by atoms with van der Waals surface area (Å²) in [6, 6.07) is 12.4. The molecule has 2 aromatic carbocycles. The number of hydrogen-bond acceptors (Lipinski definition) is 0. The lowest BCUT2D eigenvalue weighted by Gasteiger charge is -2.16. The van der Waals surface area contributed by atoms with Crippen LogP contribution >= 0.6 is 0 Å². The molecule has 0 aromatic heterocycles. The van der Waals surface area contributed by atoms with Crippen molar-refractivity contribution in [3.05, 3.63) is 80.9 Å². The average Bonchev–Trinajstić information content (AvgIpc) is 3.14. The van der Waals surface area contributed by atoms with Crippen LogP contribution in [0.1, 0.15) is 56.3 Å². The Morgan fingerprint density at radius 2 is 1.04 bits per heavy atom. The van der Waals surface area contributed by atoms with Crippen LogP contribution in [0.4, 0.5) is 0 Å². The first-order chi connectivity index (χ1) is 12.0. The fourth-order valence-corrected chi connectivity index (χ4v) is 6.48. The molecule has 2 aliphatic rings. The zero-order valence-corrected chi connectivity index (χ0v) is 17.3. The minimum absolute atomic E-state index is 0.0730. The molecular weight excluding hydrogens is 316 g/mol. The molecule has 0 radical (unpaired) electrons. The first-order valence-electron chi connectivity index (χ1n) is 9.61. The molecule has 25 heavy (non-hydrogen) atoms. The van der Waals surface area contributed by atoms with E-state index in [1.165, 1.54) is 45.5 Å². The van der Waals surface area contributed by atoms with Gasteiger partial charge in [0.1, 0.15) is 0 Å². The first-order valence-corrected chi connectivity index (χ1v) is 11.6. The molecule has 0 spiro atoms. The van der Waals surface area contributed by atoms with Gasteiger partial charge in [-0.3, -0.25) is 0 Å². The van der Waals surface area contributed by atoms with Gasteiger partial charge in [0.2, 0.25) is 0 Å². The van der Waals surface area contributed by atoms with Crippen molar-refractivity contribution in [3.8, 4) is 0 Å². The van der Waals surface area contributed by atoms with Crippen LogP contribution in [0.5, 0.6) is 0 Å². The lowest BCUT2D eigenvalue weighted by molar-refractivity contribution is 0.932. The van der Waals surface area contributed by atoms with Crippen molar-refractivity contribution in [3.63, 3.8) is 0 Å². The second-order valence-electron chi connectivity index (χ2n) is 7.99. The molecule has 0 fully saturated rings. The predicted molar refractivity (Wildman–Crippen MR) is 114 cm³/mol. The van der Waals surface area contributed by atoms with E-state index < -0.39 is 0 Å². The molecule has 0 heterocycles. The van der Waals surface area contributed by atoms with Gasteiger partial charge in [-0.05, 0) is 84.0 Å². The minimum atomic E-state index is -0.0730. The van der Waals surface area contributed by atoms with Gasteiger partial charge in [-0.15, -0.1) is 0 Å². The summed E-state index contributed by atoms with van der Waals surface area (Å²) in [4.78, 5) is 0. The summed E-state index contributed by atoms with van der Waals surface area (Å²) in [5.41, 5.74) is 11.8. The van der Waals surface area contributed by atoms with Gasteiger partial charge in [0.05, 0.1) is 0 Å². The number of hydrogen-bond donors (Lipinski definition) is 0. The van der Waals surface area contributed by atoms with Crippen LogP contribution in [0.3, 0.4) is 0 Å². The van der Waals surface area contributed by atoms with Gasteiger partial charge in [0.25, 0.3) is 0 Å². The van der Waals surface area contributed by atoms with E-state index in [1.807, 2.05) is 0 Å². The van der Waals surface area contributed by atoms with Gasteiger partial charge < -0.3 is 0 Å². The van der Waals surface area contributed by atoms with Gasteiger partial charge in [0, 0.05) is 9.52 Å². The predicted octanol–water partition coefficient (Wildman–Crippen LogP) is 5.85. The van der Waals surface area contributed by atoms with E-state index in [4.69, 9.17) is 0 Å². The van der Waals surface area contributed by atoms with Crippen molar-refractivity contribution in [2.24, 2.45) is 0 Å². The highest BCUT2D eigenvalue weighted by Gasteiger charge is 2.21. The van der Waals surface area contributed by atoms with Crippen molar-refractivity contribution in [2.75, 3.05) is 0 Å². The second-order valence-corrected chi connectivity index (χ2v) is 9.85. The standard InChI is InChI=1S/C24H28Si/c1-15-9-19-5-7-21(23(19)11-17(15)3)13-25-14-22-8-6-20-10-16(2)18(4)12-24(20)22/h5-12,21-22H,13-14,25H2,1-4H3. The van der Waals surface area contributed by atoms with Gasteiger partial charge in [-0.1, -0.05) is 60.7 Å². The molecule has 0 aliphatic heterocycles. The van der Waals surface area contributed by atoms with E-state index in [0.717, 1.165) is 0 Å². The monoisotopic (exact) mass is 344 g/mol. The Kier molecular flexibility index (Phi) is 4.29. The van der Waals surface area contributed by atoms with Crippen molar-refractivity contribution in [1.82, 2.24) is 0 Å². The maximum atomic E-state index is 2.45. The van der Waals surface area contributed by atoms with Gasteiger partial charge in [-0.2, -0.15) is 0 Å². The van der Waals surface area contributed by atoms with Gasteiger partial charge in [-0.25, -0.2) is 0 Å². The van der Waals surface area contributed by atoms with Crippen LogP contribution < -0.4 is 0 Å². The summed E-state index contributed by atoms with van der Waals surface area (Å²) in [6.45, 7) is 8.93. The van der Waals surface area contributed by atoms with Crippen molar-refractivity contribution in [1.29, 1.82) is 0 Å². The molecule has 0 nitrogen and oxygen atoms in total. The van der Waals surface area contributed by atoms with Crippen LogP contribution in [-0.4, -0.2) is 9.52 Å². The van der Waals surface area contributed by atoms with Crippen molar-refractivity contribution < 1.29 is 0 Å². The number of aryl methyl sites for hydroxylation is 4. The topological polar surface area (TPSA) is 0 Å². The largest absolute Gasteiger partial charge is 0.0767 e. The average molecular weight is 345 g/mol. The van der Waals surface area contributed by atoms with Crippen LogP contribution in [0.2, 0.25) is 12.1 Å². The van der Waals surface area contributed by atoms with Gasteiger partial charge >= 0.3 is 0 Å². The molecule has 128 valence electrons. The molecule has 2 aromatic rings. The van der Waals surface area contributed by atoms with Crippen LogP contribution in [0.25, 0.3) is 12.2 Å². The summed E-state index contributed by atoms with van der Waals surface area (Å²) in [6.07, 6.45) is 9.58. The third-order valence-electron chi connectivity index (χ3n) is 6.24. The lowest BCUT2D eigenvalue weighted by Crippen LogP contribution is -2.04. The Bertz CT molecular complexity index is 812. The molecule has 2 unspecified atom stereocenters. The highest BCUT2D eigenvalue weighted by Crippen LogP contribution is 2.37. The minimum Gasteiger partial charge on any atom is -0.0767 e. The SMILES string of the molecule is Cc1cc2c(cc1C)C(C[SiH2]CC1C=Cc3cc(C)c(C)cc31)C=C2. The third-order valence-corrected chi connectivity index (χ3v) is 8.30. The van der Waals surface area contributed by atoms with Crippen LogP contribution in [0, 0.1) is 27.7 Å². The van der Waals surface area contributed by atoms with Crippen LogP contribution in [-0.2, 0) is 0 Å². The highest BCUT2D eigenvalue weighted by molar-refractivity contribution is 6.36. The maximum absolute atomic E-state index is 2.45. The van der Waals surface area contributed by atoms with E-state index in [1.54, 1.807) is 11.1 Å². The normalized spacial score (nSPS) is 20.6. The first kappa shape index (κ1) is 16.6. The zero-order chi connectivity index (χ0) is 17.6. The Balaban J connectivity index is 1.41. The molecule has 0 amide bonds. The quantitative estimate of drug-likeness (QED) is 0.611. The zero-order valence-electron chi connectivity index (χ0n) is 15.9. The summed E-state index contributed by atoms with van der Waals surface area (Å²) in [5, 5.41) is 0. The molecule has 2 atom stereocenters. The molecule has 0 saturated heterocycles. The molecule has 0 bridgehead atoms. The smallest absolute Gasteiger partial charge is 0.0218 e. The summed E-state index contributed by atoms with van der Waals surface area (Å²) >= 11 is 0. The van der Waals surface area contributed by atoms with E-state index in [9.17, 15) is 0 Å². The van der Waals surface area contributed by atoms with Crippen molar-refractivity contribution in [2.45, 2.75) is 51.6 Å². The van der Waals surface area contributed by atoms with E-state index in [0.29, 0.717) is 11.8 Å². The lowest BCUT2D eigenvalue weighted by atomic mass is 9.97. The molecular formula is C24H28Si. The van der Waals surface area contributed by atoms with E-state index in [-0.39, 0.29) is 9.52 Å². The Labute approximate surface area is 154 Å². The summed E-state index contributed by atoms with van der Waals surface area (Å²) in [5.74, 6) is 1.34. The van der Waals surface area contributed by atoms with Gasteiger partial charge in [0.15, 0.2) is 0 Å².